The van der Waals surface area contributed by atoms with Crippen molar-refractivity contribution in [1.82, 2.24) is 0 Å². The first-order chi connectivity index (χ1) is 12.3. The maximum Gasteiger partial charge on any atom is 0.169 e. The van der Waals surface area contributed by atoms with E-state index >= 15 is 0 Å². The van der Waals surface area contributed by atoms with E-state index in [4.69, 9.17) is 18.9 Å². The van der Waals surface area contributed by atoms with Crippen molar-refractivity contribution in [1.29, 1.82) is 0 Å². The van der Waals surface area contributed by atoms with Gasteiger partial charge in [0.25, 0.3) is 0 Å². The molecule has 0 N–H and O–H groups in total. The van der Waals surface area contributed by atoms with Gasteiger partial charge in [-0.1, -0.05) is 18.2 Å². The van der Waals surface area contributed by atoms with Crippen molar-refractivity contribution >= 4 is 10.8 Å². The summed E-state index contributed by atoms with van der Waals surface area (Å²) in [5.74, 6) is 2.31. The molecule has 0 unspecified atom stereocenters. The monoisotopic (exact) mass is 336 g/mol. The lowest BCUT2D eigenvalue weighted by Crippen LogP contribution is -1.97. The Bertz CT molecular complexity index is 929. The van der Waals surface area contributed by atoms with Gasteiger partial charge >= 0.3 is 0 Å². The molecule has 128 valence electrons. The van der Waals surface area contributed by atoms with Crippen molar-refractivity contribution in [3.05, 3.63) is 53.6 Å². The second-order valence-electron chi connectivity index (χ2n) is 6.01. The topological polar surface area (TPSA) is 36.9 Å². The van der Waals surface area contributed by atoms with Gasteiger partial charge in [-0.3, -0.25) is 0 Å². The number of ether oxygens (including phenoxy) is 4. The lowest BCUT2D eigenvalue weighted by molar-refractivity contribution is 0.134. The van der Waals surface area contributed by atoms with Crippen molar-refractivity contribution in [3.8, 4) is 28.4 Å². The molecular weight excluding hydrogens is 316 g/mol. The molecule has 25 heavy (non-hydrogen) atoms. The van der Waals surface area contributed by atoms with Crippen LogP contribution in [-0.4, -0.2) is 21.3 Å². The van der Waals surface area contributed by atoms with E-state index in [0.717, 1.165) is 39.1 Å². The highest BCUT2D eigenvalue weighted by molar-refractivity contribution is 6.04. The zero-order valence-electron chi connectivity index (χ0n) is 14.6. The van der Waals surface area contributed by atoms with Crippen LogP contribution in [0.2, 0.25) is 0 Å². The third-order valence-corrected chi connectivity index (χ3v) is 4.73. The Morgan fingerprint density at radius 1 is 0.840 bits per heavy atom. The summed E-state index contributed by atoms with van der Waals surface area (Å²) in [5.41, 5.74) is 4.69. The van der Waals surface area contributed by atoms with E-state index in [1.165, 1.54) is 11.1 Å². The zero-order chi connectivity index (χ0) is 17.4. The quantitative estimate of drug-likeness (QED) is 0.700. The van der Waals surface area contributed by atoms with Gasteiger partial charge in [0.1, 0.15) is 5.75 Å². The van der Waals surface area contributed by atoms with Crippen molar-refractivity contribution < 1.29 is 18.9 Å². The van der Waals surface area contributed by atoms with Crippen LogP contribution in [0.3, 0.4) is 0 Å². The summed E-state index contributed by atoms with van der Waals surface area (Å²) in [5, 5.41) is 2.17. The van der Waals surface area contributed by atoms with E-state index in [-0.39, 0.29) is 0 Å². The van der Waals surface area contributed by atoms with E-state index in [0.29, 0.717) is 13.2 Å². The van der Waals surface area contributed by atoms with Crippen molar-refractivity contribution in [2.24, 2.45) is 0 Å². The number of benzene rings is 3. The Morgan fingerprint density at radius 3 is 2.32 bits per heavy atom. The van der Waals surface area contributed by atoms with Crippen LogP contribution in [0.25, 0.3) is 21.9 Å². The number of hydrogen-bond acceptors (Lipinski definition) is 4. The molecule has 0 amide bonds. The first-order valence-electron chi connectivity index (χ1n) is 8.18. The molecule has 0 saturated heterocycles. The molecule has 4 nitrogen and oxygen atoms in total. The third-order valence-electron chi connectivity index (χ3n) is 4.73. The Kier molecular flexibility index (Phi) is 3.98. The lowest BCUT2D eigenvalue weighted by atomic mass is 9.90. The SMILES string of the molecule is COc1ccc(-c2c3c(cc4ccc(OC)c(OC)c24)COC3)cc1. The minimum Gasteiger partial charge on any atom is -0.497 e. The second-order valence-corrected chi connectivity index (χ2v) is 6.01. The highest BCUT2D eigenvalue weighted by Gasteiger charge is 2.23. The van der Waals surface area contributed by atoms with Gasteiger partial charge in [-0.2, -0.15) is 0 Å². The number of rotatable bonds is 4. The van der Waals surface area contributed by atoms with Crippen LogP contribution in [0.1, 0.15) is 11.1 Å². The highest BCUT2D eigenvalue weighted by atomic mass is 16.5. The standard InChI is InChI=1S/C21H20O4/c1-22-16-7-4-13(5-8-16)19-17-12-25-11-15(17)10-14-6-9-18(23-2)21(24-3)20(14)19/h4-10H,11-12H2,1-3H3. The van der Waals surface area contributed by atoms with Crippen LogP contribution in [0.5, 0.6) is 17.2 Å². The predicted molar refractivity (Wildman–Crippen MR) is 97.5 cm³/mol. The average Bonchev–Trinajstić information content (AvgIpc) is 3.13. The van der Waals surface area contributed by atoms with Gasteiger partial charge < -0.3 is 18.9 Å². The lowest BCUT2D eigenvalue weighted by Gasteiger charge is -2.17. The van der Waals surface area contributed by atoms with Crippen molar-refractivity contribution in [3.63, 3.8) is 0 Å². The maximum atomic E-state index is 5.73. The van der Waals surface area contributed by atoms with Gasteiger partial charge in [0.15, 0.2) is 11.5 Å². The summed E-state index contributed by atoms with van der Waals surface area (Å²) in [7, 11) is 5.01. The first kappa shape index (κ1) is 15.8. The van der Waals surface area contributed by atoms with Crippen molar-refractivity contribution in [2.75, 3.05) is 21.3 Å². The number of hydrogen-bond donors (Lipinski definition) is 0. The molecule has 0 radical (unpaired) electrons. The van der Waals surface area contributed by atoms with Crippen LogP contribution in [0, 0.1) is 0 Å². The molecule has 4 rings (SSSR count). The molecular formula is C21H20O4. The van der Waals surface area contributed by atoms with Gasteiger partial charge in [-0.25, -0.2) is 0 Å². The molecule has 0 atom stereocenters. The van der Waals surface area contributed by atoms with Gasteiger partial charge in [0.2, 0.25) is 0 Å². The first-order valence-corrected chi connectivity index (χ1v) is 8.18. The molecule has 4 heteroatoms. The van der Waals surface area contributed by atoms with Crippen LogP contribution < -0.4 is 14.2 Å². The number of methoxy groups -OCH3 is 3. The van der Waals surface area contributed by atoms with E-state index in [1.54, 1.807) is 21.3 Å². The largest absolute Gasteiger partial charge is 0.497 e. The van der Waals surface area contributed by atoms with Gasteiger partial charge in [-0.05, 0) is 51.9 Å². The molecule has 0 fully saturated rings. The molecule has 1 heterocycles. The molecule has 0 aliphatic carbocycles. The van der Waals surface area contributed by atoms with E-state index in [9.17, 15) is 0 Å². The molecule has 3 aromatic rings. The third kappa shape index (κ3) is 2.50. The van der Waals surface area contributed by atoms with Gasteiger partial charge in [-0.15, -0.1) is 0 Å². The fourth-order valence-electron chi connectivity index (χ4n) is 3.54. The molecule has 3 aromatic carbocycles. The summed E-state index contributed by atoms with van der Waals surface area (Å²) in [4.78, 5) is 0. The Labute approximate surface area is 146 Å². The number of fused-ring (bicyclic) bond motifs is 2. The molecule has 1 aliphatic rings. The van der Waals surface area contributed by atoms with Gasteiger partial charge in [0, 0.05) is 5.39 Å². The predicted octanol–water partition coefficient (Wildman–Crippen LogP) is 4.56. The molecule has 0 aromatic heterocycles. The zero-order valence-corrected chi connectivity index (χ0v) is 14.6. The minimum atomic E-state index is 0.604. The fourth-order valence-corrected chi connectivity index (χ4v) is 3.54. The van der Waals surface area contributed by atoms with E-state index < -0.39 is 0 Å². The average molecular weight is 336 g/mol. The molecule has 1 aliphatic heterocycles. The summed E-state index contributed by atoms with van der Waals surface area (Å²) in [6.07, 6.45) is 0. The highest BCUT2D eigenvalue weighted by Crippen LogP contribution is 2.45. The normalized spacial score (nSPS) is 12.9. The summed E-state index contributed by atoms with van der Waals surface area (Å²) in [6.45, 7) is 1.25. The van der Waals surface area contributed by atoms with Crippen LogP contribution in [-0.2, 0) is 18.0 Å². The summed E-state index contributed by atoms with van der Waals surface area (Å²) < 4.78 is 22.3. The van der Waals surface area contributed by atoms with Crippen LogP contribution in [0.4, 0.5) is 0 Å². The summed E-state index contributed by atoms with van der Waals surface area (Å²) in [6, 6.07) is 14.3. The minimum absolute atomic E-state index is 0.604. The van der Waals surface area contributed by atoms with E-state index in [2.05, 4.69) is 24.3 Å². The van der Waals surface area contributed by atoms with Crippen molar-refractivity contribution in [2.45, 2.75) is 13.2 Å². The smallest absolute Gasteiger partial charge is 0.169 e. The Morgan fingerprint density at radius 2 is 1.64 bits per heavy atom. The van der Waals surface area contributed by atoms with E-state index in [1.807, 2.05) is 18.2 Å². The second kappa shape index (κ2) is 6.30. The fraction of sp³-hybridized carbons (Fsp3) is 0.238. The molecule has 0 saturated carbocycles. The van der Waals surface area contributed by atoms with Crippen LogP contribution >= 0.6 is 0 Å². The Balaban J connectivity index is 2.08. The summed E-state index contributed by atoms with van der Waals surface area (Å²) >= 11 is 0. The maximum absolute atomic E-state index is 5.73. The van der Waals surface area contributed by atoms with Gasteiger partial charge in [0.05, 0.1) is 34.5 Å². The molecule has 0 spiro atoms. The molecule has 0 bridgehead atoms. The Hall–Kier alpha value is -2.72. The van der Waals surface area contributed by atoms with Crippen LogP contribution in [0.15, 0.2) is 42.5 Å².